The Balaban J connectivity index is 0.00000196. The van der Waals surface area contributed by atoms with E-state index in [9.17, 15) is 0 Å². The van der Waals surface area contributed by atoms with Crippen molar-refractivity contribution in [1.82, 2.24) is 25.4 Å². The molecule has 1 aromatic rings. The highest BCUT2D eigenvalue weighted by Crippen LogP contribution is 2.52. The molecule has 1 aromatic heterocycles. The van der Waals surface area contributed by atoms with Crippen molar-refractivity contribution in [3.05, 3.63) is 11.6 Å². The number of hydrogen-bond acceptors (Lipinski definition) is 4. The smallest absolute Gasteiger partial charge is 0.191 e. The lowest BCUT2D eigenvalue weighted by molar-refractivity contribution is -0.106. The van der Waals surface area contributed by atoms with Crippen molar-refractivity contribution in [2.24, 2.45) is 16.3 Å². The van der Waals surface area contributed by atoms with Crippen LogP contribution < -0.4 is 10.6 Å². The average molecular weight is 474 g/mol. The number of guanidine groups is 1. The Morgan fingerprint density at radius 3 is 2.88 bits per heavy atom. The summed E-state index contributed by atoms with van der Waals surface area (Å²) in [4.78, 5) is 9.06. The number of ether oxygens (including phenoxy) is 1. The van der Waals surface area contributed by atoms with E-state index < -0.39 is 0 Å². The van der Waals surface area contributed by atoms with Gasteiger partial charge in [-0.1, -0.05) is 20.8 Å². The minimum absolute atomic E-state index is 0. The second kappa shape index (κ2) is 7.61. The molecule has 2 fully saturated rings. The molecular formula is C18H31IN6O. The van der Waals surface area contributed by atoms with Crippen molar-refractivity contribution in [2.45, 2.75) is 71.2 Å². The van der Waals surface area contributed by atoms with Crippen molar-refractivity contribution in [3.8, 4) is 0 Å². The summed E-state index contributed by atoms with van der Waals surface area (Å²) in [6.45, 7) is 8.42. The fourth-order valence-electron chi connectivity index (χ4n) is 4.76. The molecule has 2 N–H and O–H groups in total. The number of aryl methyl sites for hydroxylation is 2. The van der Waals surface area contributed by atoms with Gasteiger partial charge in [0.15, 0.2) is 11.8 Å². The maximum absolute atomic E-state index is 5.90. The predicted molar refractivity (Wildman–Crippen MR) is 112 cm³/mol. The van der Waals surface area contributed by atoms with Gasteiger partial charge in [-0.25, -0.2) is 9.67 Å². The summed E-state index contributed by atoms with van der Waals surface area (Å²) in [6.07, 6.45) is 4.46. The van der Waals surface area contributed by atoms with Gasteiger partial charge in [-0.2, -0.15) is 5.10 Å². The van der Waals surface area contributed by atoms with Gasteiger partial charge >= 0.3 is 0 Å². The number of nitrogens with zero attached hydrogens (tertiary/aromatic N) is 4. The molecule has 8 heteroatoms. The van der Waals surface area contributed by atoms with Gasteiger partial charge in [0, 0.05) is 49.9 Å². The van der Waals surface area contributed by atoms with E-state index in [2.05, 4.69) is 51.2 Å². The number of halogens is 1. The summed E-state index contributed by atoms with van der Waals surface area (Å²) >= 11 is 0. The molecule has 3 heterocycles. The molecular weight excluding hydrogens is 443 g/mol. The summed E-state index contributed by atoms with van der Waals surface area (Å²) in [6, 6.07) is 0.757. The van der Waals surface area contributed by atoms with Crippen LogP contribution in [0.5, 0.6) is 0 Å². The van der Waals surface area contributed by atoms with Gasteiger partial charge in [0.1, 0.15) is 5.82 Å². The molecule has 1 saturated heterocycles. The molecule has 7 nitrogen and oxygen atoms in total. The SMILES string of the molecule is CCc1nc2n(n1)CC(NC(=NC)NC1C3CCOC3C1(C)C)CC2.I. The Bertz CT molecular complexity index is 673. The molecule has 146 valence electrons. The second-order valence-corrected chi connectivity index (χ2v) is 8.12. The first-order chi connectivity index (χ1) is 12.0. The number of aliphatic imine (C=N–C) groups is 1. The zero-order valence-corrected chi connectivity index (χ0v) is 18.5. The number of hydrogen-bond donors (Lipinski definition) is 2. The van der Waals surface area contributed by atoms with Gasteiger partial charge in [-0.3, -0.25) is 4.99 Å². The summed E-state index contributed by atoms with van der Waals surface area (Å²) in [5.41, 5.74) is 0.153. The lowest BCUT2D eigenvalue weighted by Gasteiger charge is -2.55. The third-order valence-electron chi connectivity index (χ3n) is 6.18. The van der Waals surface area contributed by atoms with E-state index in [-0.39, 0.29) is 29.4 Å². The summed E-state index contributed by atoms with van der Waals surface area (Å²) < 4.78 is 7.95. The van der Waals surface area contributed by atoms with E-state index in [1.165, 1.54) is 0 Å². The van der Waals surface area contributed by atoms with Crippen molar-refractivity contribution in [1.29, 1.82) is 0 Å². The molecule has 0 radical (unpaired) electrons. The van der Waals surface area contributed by atoms with Crippen LogP contribution in [0.2, 0.25) is 0 Å². The van der Waals surface area contributed by atoms with Crippen LogP contribution in [0.1, 0.15) is 45.3 Å². The van der Waals surface area contributed by atoms with Crippen LogP contribution in [0.15, 0.2) is 4.99 Å². The standard InChI is InChI=1S/C18H30N6O.HI/c1-5-13-21-14-7-6-11(10-24(14)23-13)20-17(19-4)22-15-12-8-9-25-16(12)18(15,2)3;/h11-12,15-16H,5-10H2,1-4H3,(H2,19,20,22);1H. The normalized spacial score (nSPS) is 32.1. The molecule has 0 amide bonds. The molecule has 0 bridgehead atoms. The van der Waals surface area contributed by atoms with Gasteiger partial charge in [-0.15, -0.1) is 24.0 Å². The largest absolute Gasteiger partial charge is 0.377 e. The highest BCUT2D eigenvalue weighted by atomic mass is 127. The van der Waals surface area contributed by atoms with Gasteiger partial charge in [0.2, 0.25) is 0 Å². The fraction of sp³-hybridized carbons (Fsp3) is 0.833. The van der Waals surface area contributed by atoms with Crippen LogP contribution in [0.25, 0.3) is 0 Å². The van der Waals surface area contributed by atoms with Crippen LogP contribution in [-0.2, 0) is 24.1 Å². The Labute approximate surface area is 172 Å². The van der Waals surface area contributed by atoms with Crippen LogP contribution in [-0.4, -0.2) is 52.6 Å². The molecule has 0 spiro atoms. The van der Waals surface area contributed by atoms with Crippen LogP contribution in [0, 0.1) is 11.3 Å². The molecule has 26 heavy (non-hydrogen) atoms. The van der Waals surface area contributed by atoms with E-state index >= 15 is 0 Å². The minimum atomic E-state index is 0. The van der Waals surface area contributed by atoms with E-state index in [1.807, 2.05) is 7.05 Å². The summed E-state index contributed by atoms with van der Waals surface area (Å²) in [5, 5.41) is 11.9. The molecule has 3 aliphatic rings. The van der Waals surface area contributed by atoms with E-state index in [4.69, 9.17) is 4.74 Å². The second-order valence-electron chi connectivity index (χ2n) is 8.12. The molecule has 4 atom stereocenters. The van der Waals surface area contributed by atoms with Crippen LogP contribution in [0.3, 0.4) is 0 Å². The van der Waals surface area contributed by atoms with E-state index in [1.54, 1.807) is 0 Å². The van der Waals surface area contributed by atoms with Crippen LogP contribution >= 0.6 is 24.0 Å². The van der Waals surface area contributed by atoms with Crippen molar-refractivity contribution < 1.29 is 4.74 Å². The predicted octanol–water partition coefficient (Wildman–Crippen LogP) is 1.75. The Morgan fingerprint density at radius 1 is 1.35 bits per heavy atom. The lowest BCUT2D eigenvalue weighted by Crippen LogP contribution is -2.68. The number of aromatic nitrogens is 3. The first kappa shape index (κ1) is 19.9. The van der Waals surface area contributed by atoms with E-state index in [0.717, 1.165) is 56.4 Å². The fourth-order valence-corrected chi connectivity index (χ4v) is 4.76. The van der Waals surface area contributed by atoms with Gasteiger partial charge in [0.25, 0.3) is 0 Å². The highest BCUT2D eigenvalue weighted by Gasteiger charge is 2.59. The van der Waals surface area contributed by atoms with Crippen molar-refractivity contribution >= 4 is 29.9 Å². The average Bonchev–Trinajstić information content (AvgIpc) is 3.23. The molecule has 4 rings (SSSR count). The third kappa shape index (κ3) is 3.34. The topological polar surface area (TPSA) is 76.4 Å². The molecule has 4 unspecified atom stereocenters. The van der Waals surface area contributed by atoms with Gasteiger partial charge < -0.3 is 15.4 Å². The molecule has 1 saturated carbocycles. The van der Waals surface area contributed by atoms with Crippen molar-refractivity contribution in [2.75, 3.05) is 13.7 Å². The molecule has 2 aliphatic heterocycles. The minimum Gasteiger partial charge on any atom is -0.377 e. The van der Waals surface area contributed by atoms with E-state index in [0.29, 0.717) is 24.1 Å². The first-order valence-corrected chi connectivity index (χ1v) is 9.57. The van der Waals surface area contributed by atoms with Crippen molar-refractivity contribution in [3.63, 3.8) is 0 Å². The summed E-state index contributed by atoms with van der Waals surface area (Å²) in [7, 11) is 1.85. The molecule has 1 aliphatic carbocycles. The Morgan fingerprint density at radius 2 is 2.15 bits per heavy atom. The van der Waals surface area contributed by atoms with Gasteiger partial charge in [-0.05, 0) is 12.8 Å². The Hall–Kier alpha value is -0.900. The number of fused-ring (bicyclic) bond motifs is 2. The van der Waals surface area contributed by atoms with Gasteiger partial charge in [0.05, 0.1) is 12.6 Å². The number of rotatable bonds is 3. The monoisotopic (exact) mass is 474 g/mol. The zero-order valence-electron chi connectivity index (χ0n) is 16.2. The Kier molecular flexibility index (Phi) is 5.81. The highest BCUT2D eigenvalue weighted by molar-refractivity contribution is 14.0. The maximum atomic E-state index is 5.90. The first-order valence-electron chi connectivity index (χ1n) is 9.57. The molecule has 0 aromatic carbocycles. The third-order valence-corrected chi connectivity index (χ3v) is 6.18. The zero-order chi connectivity index (χ0) is 17.6. The quantitative estimate of drug-likeness (QED) is 0.397. The summed E-state index contributed by atoms with van der Waals surface area (Å²) in [5.74, 6) is 3.56. The maximum Gasteiger partial charge on any atom is 0.191 e. The lowest BCUT2D eigenvalue weighted by atomic mass is 9.57. The number of nitrogens with one attached hydrogen (secondary N) is 2. The van der Waals surface area contributed by atoms with Crippen LogP contribution in [0.4, 0.5) is 0 Å².